The van der Waals surface area contributed by atoms with Crippen molar-refractivity contribution in [2.45, 2.75) is 6.92 Å². The summed E-state index contributed by atoms with van der Waals surface area (Å²) in [7, 11) is 0. The van der Waals surface area contributed by atoms with Crippen molar-refractivity contribution in [2.24, 2.45) is 0 Å². The molecule has 2 nitrogen and oxygen atoms in total. The molecule has 0 saturated carbocycles. The fraction of sp³-hybridized carbons (Fsp3) is 0.125. The minimum atomic E-state index is -0.255. The van der Waals surface area contributed by atoms with Crippen LogP contribution in [0.3, 0.4) is 0 Å². The van der Waals surface area contributed by atoms with Crippen LogP contribution in [0.2, 0.25) is 0 Å². The zero-order valence-corrected chi connectivity index (χ0v) is 5.97. The van der Waals surface area contributed by atoms with Crippen LogP contribution in [-0.2, 0) is 0 Å². The maximum absolute atomic E-state index is 12.8. The summed E-state index contributed by atoms with van der Waals surface area (Å²) in [5, 5.41) is 4.40. The largest absolute Gasteiger partial charge is 0.356 e. The fourth-order valence-corrected chi connectivity index (χ4v) is 1.05. The number of aryl methyl sites for hydroxylation is 1. The van der Waals surface area contributed by atoms with Gasteiger partial charge >= 0.3 is 0 Å². The van der Waals surface area contributed by atoms with Gasteiger partial charge in [0.2, 0.25) is 0 Å². The highest BCUT2D eigenvalue weighted by molar-refractivity contribution is 5.78. The van der Waals surface area contributed by atoms with Gasteiger partial charge in [-0.2, -0.15) is 0 Å². The second-order valence-electron chi connectivity index (χ2n) is 2.42. The van der Waals surface area contributed by atoms with E-state index in [1.165, 1.54) is 6.07 Å². The number of benzene rings is 1. The maximum Gasteiger partial charge on any atom is 0.172 e. The zero-order valence-electron chi connectivity index (χ0n) is 5.97. The quantitative estimate of drug-likeness (QED) is 0.577. The van der Waals surface area contributed by atoms with Crippen molar-refractivity contribution in [3.63, 3.8) is 0 Å². The third kappa shape index (κ3) is 0.808. The molecule has 0 aliphatic heterocycles. The second-order valence-corrected chi connectivity index (χ2v) is 2.42. The molecule has 1 aromatic heterocycles. The number of hydrogen-bond donors (Lipinski definition) is 0. The standard InChI is InChI=1S/C8H6FNO/c1-5-7(9)3-2-6-4-10-11-8(5)6/h2-4H,1H3. The van der Waals surface area contributed by atoms with E-state index in [0.29, 0.717) is 11.1 Å². The van der Waals surface area contributed by atoms with Gasteiger partial charge < -0.3 is 4.52 Å². The first kappa shape index (κ1) is 6.34. The lowest BCUT2D eigenvalue weighted by atomic mass is 10.2. The molecule has 0 bridgehead atoms. The van der Waals surface area contributed by atoms with E-state index in [2.05, 4.69) is 5.16 Å². The maximum atomic E-state index is 12.8. The molecule has 0 N–H and O–H groups in total. The smallest absolute Gasteiger partial charge is 0.172 e. The number of rotatable bonds is 0. The summed E-state index contributed by atoms with van der Waals surface area (Å²) in [6.45, 7) is 1.67. The Kier molecular flexibility index (Phi) is 1.18. The first-order valence-electron chi connectivity index (χ1n) is 3.28. The van der Waals surface area contributed by atoms with Gasteiger partial charge in [0, 0.05) is 10.9 Å². The van der Waals surface area contributed by atoms with Crippen molar-refractivity contribution in [1.29, 1.82) is 0 Å². The summed E-state index contributed by atoms with van der Waals surface area (Å²) < 4.78 is 17.7. The number of hydrogen-bond acceptors (Lipinski definition) is 2. The zero-order chi connectivity index (χ0) is 7.84. The molecule has 0 aliphatic rings. The van der Waals surface area contributed by atoms with Crippen LogP contribution in [-0.4, -0.2) is 5.16 Å². The fourth-order valence-electron chi connectivity index (χ4n) is 1.05. The number of aromatic nitrogens is 1. The van der Waals surface area contributed by atoms with Crippen molar-refractivity contribution in [1.82, 2.24) is 5.16 Å². The molecular formula is C8H6FNO. The normalized spacial score (nSPS) is 10.7. The Morgan fingerprint density at radius 3 is 3.09 bits per heavy atom. The summed E-state index contributed by atoms with van der Waals surface area (Å²) in [5.74, 6) is -0.255. The lowest BCUT2D eigenvalue weighted by Gasteiger charge is -1.93. The van der Waals surface area contributed by atoms with Crippen molar-refractivity contribution in [2.75, 3.05) is 0 Å². The van der Waals surface area contributed by atoms with Crippen LogP contribution >= 0.6 is 0 Å². The molecule has 1 heterocycles. The van der Waals surface area contributed by atoms with Crippen LogP contribution in [0.1, 0.15) is 5.56 Å². The highest BCUT2D eigenvalue weighted by atomic mass is 19.1. The average Bonchev–Trinajstić information content (AvgIpc) is 2.45. The Morgan fingerprint density at radius 2 is 2.27 bits per heavy atom. The second kappa shape index (κ2) is 2.05. The summed E-state index contributed by atoms with van der Waals surface area (Å²) in [5.41, 5.74) is 1.05. The van der Waals surface area contributed by atoms with Crippen LogP contribution < -0.4 is 0 Å². The van der Waals surface area contributed by atoms with Gasteiger partial charge in [0.05, 0.1) is 6.20 Å². The summed E-state index contributed by atoms with van der Waals surface area (Å²) in [4.78, 5) is 0. The van der Waals surface area contributed by atoms with E-state index in [-0.39, 0.29) is 5.82 Å². The Bertz CT molecular complexity index is 394. The number of nitrogens with zero attached hydrogens (tertiary/aromatic N) is 1. The topological polar surface area (TPSA) is 26.0 Å². The first-order chi connectivity index (χ1) is 5.29. The van der Waals surface area contributed by atoms with Gasteiger partial charge in [-0.25, -0.2) is 4.39 Å². The van der Waals surface area contributed by atoms with Crippen LogP contribution in [0.15, 0.2) is 22.9 Å². The Balaban J connectivity index is 2.93. The van der Waals surface area contributed by atoms with Gasteiger partial charge in [-0.05, 0) is 19.1 Å². The molecule has 0 radical (unpaired) electrons. The third-order valence-electron chi connectivity index (χ3n) is 1.71. The number of halogens is 1. The molecule has 0 amide bonds. The molecule has 1 aromatic carbocycles. The van der Waals surface area contributed by atoms with Gasteiger partial charge in [0.1, 0.15) is 5.82 Å². The van der Waals surface area contributed by atoms with E-state index >= 15 is 0 Å². The van der Waals surface area contributed by atoms with Gasteiger partial charge in [0.15, 0.2) is 5.58 Å². The van der Waals surface area contributed by atoms with Crippen LogP contribution in [0.4, 0.5) is 4.39 Å². The van der Waals surface area contributed by atoms with Crippen LogP contribution in [0.25, 0.3) is 11.0 Å². The van der Waals surface area contributed by atoms with Crippen LogP contribution in [0.5, 0.6) is 0 Å². The minimum Gasteiger partial charge on any atom is -0.356 e. The molecule has 2 rings (SSSR count). The van der Waals surface area contributed by atoms with E-state index < -0.39 is 0 Å². The molecular weight excluding hydrogens is 145 g/mol. The van der Waals surface area contributed by atoms with Gasteiger partial charge in [-0.1, -0.05) is 5.16 Å². The molecule has 0 unspecified atom stereocenters. The lowest BCUT2D eigenvalue weighted by molar-refractivity contribution is 0.452. The summed E-state index contributed by atoms with van der Waals surface area (Å²) in [6, 6.07) is 3.06. The monoisotopic (exact) mass is 151 g/mol. The average molecular weight is 151 g/mol. The Morgan fingerprint density at radius 1 is 1.45 bits per heavy atom. The molecule has 56 valence electrons. The first-order valence-corrected chi connectivity index (χ1v) is 3.28. The predicted octanol–water partition coefficient (Wildman–Crippen LogP) is 2.28. The van der Waals surface area contributed by atoms with E-state index in [9.17, 15) is 4.39 Å². The highest BCUT2D eigenvalue weighted by Crippen LogP contribution is 2.19. The lowest BCUT2D eigenvalue weighted by Crippen LogP contribution is -1.80. The van der Waals surface area contributed by atoms with E-state index in [4.69, 9.17) is 4.52 Å². The Labute approximate surface area is 62.6 Å². The molecule has 0 spiro atoms. The highest BCUT2D eigenvalue weighted by Gasteiger charge is 2.05. The predicted molar refractivity (Wildman–Crippen MR) is 38.7 cm³/mol. The molecule has 2 aromatic rings. The van der Waals surface area contributed by atoms with E-state index in [0.717, 1.165) is 5.39 Å². The molecule has 3 heteroatoms. The SMILES string of the molecule is Cc1c(F)ccc2cnoc12. The Hall–Kier alpha value is -1.38. The number of fused-ring (bicyclic) bond motifs is 1. The van der Waals surface area contributed by atoms with Gasteiger partial charge in [-0.3, -0.25) is 0 Å². The summed E-state index contributed by atoms with van der Waals surface area (Å²) >= 11 is 0. The van der Waals surface area contributed by atoms with Crippen molar-refractivity contribution in [3.8, 4) is 0 Å². The molecule has 11 heavy (non-hydrogen) atoms. The van der Waals surface area contributed by atoms with E-state index in [1.807, 2.05) is 0 Å². The van der Waals surface area contributed by atoms with Crippen molar-refractivity contribution in [3.05, 3.63) is 29.7 Å². The molecule has 0 saturated heterocycles. The third-order valence-corrected chi connectivity index (χ3v) is 1.71. The molecule has 0 atom stereocenters. The molecule has 0 aliphatic carbocycles. The van der Waals surface area contributed by atoms with Crippen molar-refractivity contribution >= 4 is 11.0 Å². The van der Waals surface area contributed by atoms with E-state index in [1.54, 1.807) is 19.2 Å². The van der Waals surface area contributed by atoms with Crippen molar-refractivity contribution < 1.29 is 8.91 Å². The minimum absolute atomic E-state index is 0.255. The molecule has 0 fully saturated rings. The summed E-state index contributed by atoms with van der Waals surface area (Å²) in [6.07, 6.45) is 1.57. The van der Waals surface area contributed by atoms with Gasteiger partial charge in [0.25, 0.3) is 0 Å². The van der Waals surface area contributed by atoms with Crippen LogP contribution in [0, 0.1) is 12.7 Å². The van der Waals surface area contributed by atoms with Gasteiger partial charge in [-0.15, -0.1) is 0 Å².